The van der Waals surface area contributed by atoms with Gasteiger partial charge in [0.2, 0.25) is 0 Å². The number of anilines is 1. The van der Waals surface area contributed by atoms with Gasteiger partial charge in [-0.15, -0.1) is 0 Å². The fourth-order valence-corrected chi connectivity index (χ4v) is 2.18. The van der Waals surface area contributed by atoms with Gasteiger partial charge in [-0.2, -0.15) is 0 Å². The summed E-state index contributed by atoms with van der Waals surface area (Å²) in [6.45, 7) is 1.09. The van der Waals surface area contributed by atoms with Gasteiger partial charge in [-0.1, -0.05) is 24.3 Å². The number of ether oxygens (including phenoxy) is 1. The average molecular weight is 299 g/mol. The highest BCUT2D eigenvalue weighted by Crippen LogP contribution is 2.21. The summed E-state index contributed by atoms with van der Waals surface area (Å²) in [6, 6.07) is 14.6. The van der Waals surface area contributed by atoms with E-state index >= 15 is 0 Å². The third-order valence-electron chi connectivity index (χ3n) is 3.36. The van der Waals surface area contributed by atoms with Gasteiger partial charge in [-0.05, 0) is 29.8 Å². The number of benzene rings is 2. The Balaban J connectivity index is 0.000000170. The van der Waals surface area contributed by atoms with Crippen LogP contribution in [0.5, 0.6) is 0 Å². The number of nitrogens with zero attached hydrogens (tertiary/aromatic N) is 1. The number of carboxylic acids is 1. The maximum absolute atomic E-state index is 11.1. The second-order valence-corrected chi connectivity index (χ2v) is 4.86. The molecule has 22 heavy (non-hydrogen) atoms. The van der Waals surface area contributed by atoms with E-state index in [0.29, 0.717) is 0 Å². The van der Waals surface area contributed by atoms with E-state index in [0.717, 1.165) is 6.54 Å². The van der Waals surface area contributed by atoms with E-state index in [-0.39, 0.29) is 11.1 Å². The molecule has 5 nitrogen and oxygen atoms in total. The van der Waals surface area contributed by atoms with Crippen molar-refractivity contribution in [3.63, 3.8) is 0 Å². The number of aromatic carboxylic acids is 1. The van der Waals surface area contributed by atoms with Gasteiger partial charge in [0.1, 0.15) is 0 Å². The molecule has 2 aliphatic heterocycles. The first-order valence-electron chi connectivity index (χ1n) is 6.73. The summed E-state index contributed by atoms with van der Waals surface area (Å²) in [7, 11) is 3.32. The molecule has 0 amide bonds. The number of hydrogen-bond donors (Lipinski definition) is 1. The van der Waals surface area contributed by atoms with Crippen LogP contribution in [0.25, 0.3) is 0 Å². The number of carbonyl (C=O) groups is 2. The summed E-state index contributed by atoms with van der Waals surface area (Å²) in [6.07, 6.45) is 0. The first kappa shape index (κ1) is 15.6. The molecule has 0 saturated heterocycles. The van der Waals surface area contributed by atoms with Crippen LogP contribution in [0.3, 0.4) is 0 Å². The topological polar surface area (TPSA) is 66.8 Å². The zero-order valence-electron chi connectivity index (χ0n) is 12.4. The van der Waals surface area contributed by atoms with Crippen LogP contribution < -0.4 is 4.90 Å². The van der Waals surface area contributed by atoms with Crippen molar-refractivity contribution in [2.45, 2.75) is 6.54 Å². The van der Waals surface area contributed by atoms with Crippen molar-refractivity contribution in [2.75, 3.05) is 19.1 Å². The third kappa shape index (κ3) is 3.44. The Hall–Kier alpha value is -2.82. The van der Waals surface area contributed by atoms with E-state index in [1.165, 1.54) is 30.5 Å². The predicted molar refractivity (Wildman–Crippen MR) is 83.3 cm³/mol. The highest BCUT2D eigenvalue weighted by molar-refractivity contribution is 6.02. The Bertz CT molecular complexity index is 679. The average Bonchev–Trinajstić information content (AvgIpc) is 2.55. The van der Waals surface area contributed by atoms with Crippen molar-refractivity contribution in [3.8, 4) is 0 Å². The van der Waals surface area contributed by atoms with Crippen molar-refractivity contribution < 1.29 is 19.4 Å². The SMILES string of the molecule is CN1Cc2ccc1cc2.COC(=O)c1ccccc1C(=O)O. The molecular formula is C17H17NO4. The fourth-order valence-electron chi connectivity index (χ4n) is 2.18. The lowest BCUT2D eigenvalue weighted by atomic mass is 10.1. The van der Waals surface area contributed by atoms with Crippen molar-refractivity contribution in [3.05, 3.63) is 65.2 Å². The molecule has 4 rings (SSSR count). The Morgan fingerprint density at radius 2 is 1.64 bits per heavy atom. The van der Waals surface area contributed by atoms with E-state index in [4.69, 9.17) is 5.11 Å². The summed E-state index contributed by atoms with van der Waals surface area (Å²) in [5.74, 6) is -1.78. The van der Waals surface area contributed by atoms with Crippen LogP contribution >= 0.6 is 0 Å². The summed E-state index contributed by atoms with van der Waals surface area (Å²) in [5, 5.41) is 8.70. The normalized spacial score (nSPS) is 11.5. The number of carbonyl (C=O) groups excluding carboxylic acids is 1. The van der Waals surface area contributed by atoms with E-state index in [2.05, 4.69) is 40.9 Å². The number of hydrogen-bond acceptors (Lipinski definition) is 4. The smallest absolute Gasteiger partial charge is 0.338 e. The lowest BCUT2D eigenvalue weighted by Gasteiger charge is -2.24. The molecule has 114 valence electrons. The first-order chi connectivity index (χ1) is 10.5. The monoisotopic (exact) mass is 299 g/mol. The van der Waals surface area contributed by atoms with Gasteiger partial charge in [0.05, 0.1) is 18.2 Å². The molecule has 0 spiro atoms. The molecule has 2 heterocycles. The minimum absolute atomic E-state index is 0.0469. The minimum atomic E-state index is -1.14. The second kappa shape index (κ2) is 6.76. The van der Waals surface area contributed by atoms with Crippen LogP contribution in [-0.2, 0) is 11.3 Å². The summed E-state index contributed by atoms with van der Waals surface area (Å²) in [5.41, 5.74) is 2.75. The predicted octanol–water partition coefficient (Wildman–Crippen LogP) is 2.81. The van der Waals surface area contributed by atoms with E-state index in [9.17, 15) is 9.59 Å². The molecule has 5 heteroatoms. The molecule has 0 aliphatic carbocycles. The maximum atomic E-state index is 11.1. The standard InChI is InChI=1S/C9H8O4.C8H9N/c1-13-9(12)7-5-3-2-4-6(7)8(10)11;1-9-6-7-2-4-8(9)5-3-7/h2-5H,1H3,(H,10,11);2-5H,6H2,1H3. The molecule has 2 bridgehead atoms. The molecular weight excluding hydrogens is 282 g/mol. The number of esters is 1. The maximum Gasteiger partial charge on any atom is 0.338 e. The van der Waals surface area contributed by atoms with Gasteiger partial charge in [-0.3, -0.25) is 0 Å². The van der Waals surface area contributed by atoms with Gasteiger partial charge < -0.3 is 14.7 Å². The van der Waals surface area contributed by atoms with E-state index in [1.54, 1.807) is 12.1 Å². The molecule has 1 N–H and O–H groups in total. The van der Waals surface area contributed by atoms with Crippen molar-refractivity contribution in [1.29, 1.82) is 0 Å². The molecule has 0 saturated carbocycles. The van der Waals surface area contributed by atoms with Crippen LogP contribution in [0.4, 0.5) is 5.69 Å². The van der Waals surface area contributed by atoms with Crippen molar-refractivity contribution in [1.82, 2.24) is 0 Å². The molecule has 2 aliphatic rings. The van der Waals surface area contributed by atoms with E-state index in [1.807, 2.05) is 0 Å². The number of carboxylic acid groups (broad SMARTS) is 1. The van der Waals surface area contributed by atoms with Gasteiger partial charge in [-0.25, -0.2) is 9.59 Å². The zero-order chi connectivity index (χ0) is 16.1. The van der Waals surface area contributed by atoms with Gasteiger partial charge in [0.25, 0.3) is 0 Å². The molecule has 2 aromatic rings. The lowest BCUT2D eigenvalue weighted by Crippen LogP contribution is -2.19. The van der Waals surface area contributed by atoms with Gasteiger partial charge in [0, 0.05) is 19.3 Å². The molecule has 0 fully saturated rings. The Kier molecular flexibility index (Phi) is 4.78. The van der Waals surface area contributed by atoms with Crippen molar-refractivity contribution in [2.24, 2.45) is 0 Å². The van der Waals surface area contributed by atoms with Crippen LogP contribution in [-0.4, -0.2) is 31.2 Å². The van der Waals surface area contributed by atoms with E-state index < -0.39 is 11.9 Å². The quantitative estimate of drug-likeness (QED) is 0.864. The van der Waals surface area contributed by atoms with Gasteiger partial charge in [0.15, 0.2) is 0 Å². The van der Waals surface area contributed by atoms with Crippen LogP contribution in [0.1, 0.15) is 26.3 Å². The number of rotatable bonds is 2. The molecule has 0 unspecified atom stereocenters. The molecule has 2 aromatic carbocycles. The summed E-state index contributed by atoms with van der Waals surface area (Å²) < 4.78 is 4.42. The lowest BCUT2D eigenvalue weighted by molar-refractivity contribution is 0.0582. The Morgan fingerprint density at radius 3 is 2.00 bits per heavy atom. The zero-order valence-corrected chi connectivity index (χ0v) is 12.4. The summed E-state index contributed by atoms with van der Waals surface area (Å²) in [4.78, 5) is 23.9. The third-order valence-corrected chi connectivity index (χ3v) is 3.36. The fraction of sp³-hybridized carbons (Fsp3) is 0.176. The Morgan fingerprint density at radius 1 is 1.05 bits per heavy atom. The first-order valence-corrected chi connectivity index (χ1v) is 6.73. The summed E-state index contributed by atoms with van der Waals surface area (Å²) >= 11 is 0. The minimum Gasteiger partial charge on any atom is -0.478 e. The molecule has 0 aromatic heterocycles. The second-order valence-electron chi connectivity index (χ2n) is 4.86. The molecule has 0 atom stereocenters. The van der Waals surface area contributed by atoms with Crippen LogP contribution in [0, 0.1) is 0 Å². The Labute approximate surface area is 128 Å². The highest BCUT2D eigenvalue weighted by atomic mass is 16.5. The number of methoxy groups -OCH3 is 1. The van der Waals surface area contributed by atoms with Crippen LogP contribution in [0.2, 0.25) is 0 Å². The highest BCUT2D eigenvalue weighted by Gasteiger charge is 2.15. The van der Waals surface area contributed by atoms with Gasteiger partial charge >= 0.3 is 11.9 Å². The molecule has 0 radical (unpaired) electrons. The largest absolute Gasteiger partial charge is 0.478 e. The number of fused-ring (bicyclic) bond motifs is 3. The van der Waals surface area contributed by atoms with Crippen molar-refractivity contribution >= 4 is 17.6 Å². The van der Waals surface area contributed by atoms with Crippen LogP contribution in [0.15, 0.2) is 48.5 Å².